The topological polar surface area (TPSA) is 67.9 Å². The number of benzene rings is 3. The zero-order valence-electron chi connectivity index (χ0n) is 20.8. The second-order valence-electron chi connectivity index (χ2n) is 9.61. The molecule has 0 spiro atoms. The van der Waals surface area contributed by atoms with E-state index in [1.165, 1.54) is 0 Å². The summed E-state index contributed by atoms with van der Waals surface area (Å²) in [6.45, 7) is 3.54. The minimum Gasteiger partial charge on any atom is -0.493 e. The van der Waals surface area contributed by atoms with Crippen molar-refractivity contribution in [3.05, 3.63) is 90.0 Å². The maximum Gasteiger partial charge on any atom is 0.411 e. The smallest absolute Gasteiger partial charge is 0.411 e. The standard InChI is InChI=1S/C31H32N2O4/c34-22-24-8-6-11-27(19-24)36-18-5-4-7-23-12-13-28(25-9-2-1-3-10-25)29(20-23)32-31(35)37-30-21-33-16-14-26(30)15-17-33/h1-4,6-13,19-20,22,26,30H,5,14-18,21H2,(H,32,35)/b7-4+/t30-/m0/s1. The van der Waals surface area contributed by atoms with Crippen molar-refractivity contribution in [2.75, 3.05) is 31.6 Å². The number of amides is 1. The van der Waals surface area contributed by atoms with Crippen molar-refractivity contribution in [1.82, 2.24) is 4.90 Å². The number of rotatable bonds is 9. The summed E-state index contributed by atoms with van der Waals surface area (Å²) in [5.41, 5.74) is 4.27. The van der Waals surface area contributed by atoms with E-state index in [2.05, 4.69) is 10.2 Å². The minimum absolute atomic E-state index is 0.0435. The molecule has 0 aliphatic carbocycles. The van der Waals surface area contributed by atoms with Gasteiger partial charge in [0.25, 0.3) is 0 Å². The zero-order chi connectivity index (χ0) is 25.5. The predicted molar refractivity (Wildman–Crippen MR) is 146 cm³/mol. The first-order valence-electron chi connectivity index (χ1n) is 12.9. The molecule has 0 aromatic heterocycles. The molecular weight excluding hydrogens is 464 g/mol. The number of aldehydes is 1. The van der Waals surface area contributed by atoms with E-state index in [1.807, 2.05) is 66.7 Å². The third-order valence-corrected chi connectivity index (χ3v) is 7.08. The number of anilines is 1. The van der Waals surface area contributed by atoms with Crippen LogP contribution in [-0.2, 0) is 4.74 Å². The van der Waals surface area contributed by atoms with Crippen LogP contribution in [0.25, 0.3) is 17.2 Å². The third kappa shape index (κ3) is 6.46. The number of hydrogen-bond acceptors (Lipinski definition) is 5. The lowest BCUT2D eigenvalue weighted by molar-refractivity contribution is -0.0289. The van der Waals surface area contributed by atoms with Crippen LogP contribution in [0.1, 0.15) is 35.2 Å². The normalized spacial score (nSPS) is 20.5. The number of hydrogen-bond donors (Lipinski definition) is 1. The van der Waals surface area contributed by atoms with Crippen LogP contribution < -0.4 is 10.1 Å². The van der Waals surface area contributed by atoms with Crippen LogP contribution in [0.5, 0.6) is 5.75 Å². The summed E-state index contributed by atoms with van der Waals surface area (Å²) in [4.78, 5) is 26.2. The Morgan fingerprint density at radius 3 is 2.57 bits per heavy atom. The second kappa shape index (κ2) is 11.9. The van der Waals surface area contributed by atoms with Crippen molar-refractivity contribution >= 4 is 24.1 Å². The van der Waals surface area contributed by atoms with E-state index in [4.69, 9.17) is 9.47 Å². The lowest BCUT2D eigenvalue weighted by atomic mass is 9.86. The van der Waals surface area contributed by atoms with Crippen LogP contribution in [0.2, 0.25) is 0 Å². The number of carbonyl (C=O) groups excluding carboxylic acids is 2. The number of carbonyl (C=O) groups is 2. The fourth-order valence-corrected chi connectivity index (χ4v) is 5.10. The van der Waals surface area contributed by atoms with Gasteiger partial charge in [0.2, 0.25) is 0 Å². The van der Waals surface area contributed by atoms with E-state index >= 15 is 0 Å². The second-order valence-corrected chi connectivity index (χ2v) is 9.61. The van der Waals surface area contributed by atoms with Crippen LogP contribution in [0.4, 0.5) is 10.5 Å². The van der Waals surface area contributed by atoms with E-state index in [9.17, 15) is 9.59 Å². The SMILES string of the molecule is O=Cc1cccc(OCC/C=C/c2ccc(-c3ccccc3)c(NC(=O)O[C@H]3CN4CCC3CC4)c2)c1. The van der Waals surface area contributed by atoms with E-state index in [0.717, 1.165) is 61.1 Å². The van der Waals surface area contributed by atoms with Gasteiger partial charge in [-0.2, -0.15) is 0 Å². The highest BCUT2D eigenvalue weighted by Gasteiger charge is 2.36. The van der Waals surface area contributed by atoms with Crippen molar-refractivity contribution in [3.8, 4) is 16.9 Å². The van der Waals surface area contributed by atoms with Crippen molar-refractivity contribution in [2.45, 2.75) is 25.4 Å². The molecule has 190 valence electrons. The molecule has 6 heteroatoms. The van der Waals surface area contributed by atoms with Crippen molar-refractivity contribution < 1.29 is 19.1 Å². The Balaban J connectivity index is 1.24. The Kier molecular flexibility index (Phi) is 7.96. The van der Waals surface area contributed by atoms with Gasteiger partial charge in [0.15, 0.2) is 0 Å². The third-order valence-electron chi connectivity index (χ3n) is 7.08. The molecule has 3 aliphatic rings. The first-order chi connectivity index (χ1) is 18.2. The van der Waals surface area contributed by atoms with Gasteiger partial charge in [-0.15, -0.1) is 0 Å². The molecule has 37 heavy (non-hydrogen) atoms. The first kappa shape index (κ1) is 24.8. The van der Waals surface area contributed by atoms with Crippen LogP contribution in [0, 0.1) is 5.92 Å². The molecule has 3 aromatic carbocycles. The van der Waals surface area contributed by atoms with Gasteiger partial charge in [0, 0.05) is 17.7 Å². The van der Waals surface area contributed by atoms with Crippen LogP contribution >= 0.6 is 0 Å². The number of ether oxygens (including phenoxy) is 2. The first-order valence-corrected chi connectivity index (χ1v) is 12.9. The maximum atomic E-state index is 12.9. The van der Waals surface area contributed by atoms with E-state index in [0.29, 0.717) is 30.3 Å². The molecule has 1 N–H and O–H groups in total. The molecule has 1 amide bonds. The summed E-state index contributed by atoms with van der Waals surface area (Å²) in [6, 6.07) is 23.2. The molecule has 1 atom stereocenters. The van der Waals surface area contributed by atoms with Gasteiger partial charge in [-0.05, 0) is 67.6 Å². The maximum absolute atomic E-state index is 12.9. The summed E-state index contributed by atoms with van der Waals surface area (Å²) < 4.78 is 11.6. The molecule has 3 heterocycles. The number of nitrogens with one attached hydrogen (secondary N) is 1. The fourth-order valence-electron chi connectivity index (χ4n) is 5.10. The summed E-state index contributed by atoms with van der Waals surface area (Å²) in [5, 5.41) is 3.02. The molecule has 6 rings (SSSR count). The van der Waals surface area contributed by atoms with Crippen LogP contribution in [-0.4, -0.2) is 49.6 Å². The Morgan fingerprint density at radius 2 is 1.81 bits per heavy atom. The zero-order valence-corrected chi connectivity index (χ0v) is 20.8. The van der Waals surface area contributed by atoms with Gasteiger partial charge in [-0.25, -0.2) is 4.79 Å². The fraction of sp³-hybridized carbons (Fsp3) is 0.290. The highest BCUT2D eigenvalue weighted by molar-refractivity contribution is 5.92. The Morgan fingerprint density at radius 1 is 0.973 bits per heavy atom. The minimum atomic E-state index is -0.400. The van der Waals surface area contributed by atoms with Gasteiger partial charge in [-0.1, -0.05) is 66.7 Å². The van der Waals surface area contributed by atoms with Gasteiger partial charge in [0.05, 0.1) is 12.3 Å². The van der Waals surface area contributed by atoms with Gasteiger partial charge < -0.3 is 9.47 Å². The highest BCUT2D eigenvalue weighted by Crippen LogP contribution is 2.32. The molecule has 3 aromatic rings. The van der Waals surface area contributed by atoms with E-state index < -0.39 is 6.09 Å². The average Bonchev–Trinajstić information content (AvgIpc) is 2.94. The van der Waals surface area contributed by atoms with Gasteiger partial charge >= 0.3 is 6.09 Å². The molecule has 2 bridgehead atoms. The number of nitrogens with zero attached hydrogens (tertiary/aromatic N) is 1. The van der Waals surface area contributed by atoms with Crippen LogP contribution in [0.3, 0.4) is 0 Å². The van der Waals surface area contributed by atoms with Crippen molar-refractivity contribution in [1.29, 1.82) is 0 Å². The highest BCUT2D eigenvalue weighted by atomic mass is 16.6. The Hall–Kier alpha value is -3.90. The van der Waals surface area contributed by atoms with Gasteiger partial charge in [-0.3, -0.25) is 15.0 Å². The number of fused-ring (bicyclic) bond motifs is 3. The Labute approximate surface area is 217 Å². The quantitative estimate of drug-likeness (QED) is 0.278. The van der Waals surface area contributed by atoms with Crippen LogP contribution in [0.15, 0.2) is 78.9 Å². The average molecular weight is 497 g/mol. The summed E-state index contributed by atoms with van der Waals surface area (Å²) in [6.07, 6.45) is 7.32. The molecule has 0 unspecified atom stereocenters. The van der Waals surface area contributed by atoms with E-state index in [1.54, 1.807) is 18.2 Å². The van der Waals surface area contributed by atoms with Gasteiger partial charge in [0.1, 0.15) is 18.1 Å². The Bertz CT molecular complexity index is 1250. The van der Waals surface area contributed by atoms with E-state index in [-0.39, 0.29) is 6.10 Å². The lowest BCUT2D eigenvalue weighted by Gasteiger charge is -2.43. The molecule has 3 saturated heterocycles. The summed E-state index contributed by atoms with van der Waals surface area (Å²) >= 11 is 0. The predicted octanol–water partition coefficient (Wildman–Crippen LogP) is 6.29. The molecule has 0 saturated carbocycles. The molecule has 3 fully saturated rings. The molecule has 6 nitrogen and oxygen atoms in total. The summed E-state index contributed by atoms with van der Waals surface area (Å²) in [5.74, 6) is 1.14. The molecule has 0 radical (unpaired) electrons. The van der Waals surface area contributed by atoms with Crippen molar-refractivity contribution in [2.24, 2.45) is 5.92 Å². The molecular formula is C31H32N2O4. The monoisotopic (exact) mass is 496 g/mol. The largest absolute Gasteiger partial charge is 0.493 e. The van der Waals surface area contributed by atoms with Crippen molar-refractivity contribution in [3.63, 3.8) is 0 Å². The number of piperidine rings is 3. The molecule has 3 aliphatic heterocycles. The summed E-state index contributed by atoms with van der Waals surface area (Å²) in [7, 11) is 0. The lowest BCUT2D eigenvalue weighted by Crippen LogP contribution is -2.52.